The van der Waals surface area contributed by atoms with Crippen molar-refractivity contribution in [3.8, 4) is 0 Å². The van der Waals surface area contributed by atoms with Gasteiger partial charge in [-0.25, -0.2) is 4.39 Å². The van der Waals surface area contributed by atoms with Gasteiger partial charge in [0.2, 0.25) is 5.91 Å². The van der Waals surface area contributed by atoms with Crippen LogP contribution >= 0.6 is 0 Å². The summed E-state index contributed by atoms with van der Waals surface area (Å²) in [5.41, 5.74) is 0.0109. The fraction of sp³-hybridized carbons (Fsp3) is 0.632. The van der Waals surface area contributed by atoms with Gasteiger partial charge in [-0.3, -0.25) is 9.69 Å². The maximum Gasteiger partial charge on any atom is 0.232 e. The molecule has 1 aromatic carbocycles. The smallest absolute Gasteiger partial charge is 0.232 e. The van der Waals surface area contributed by atoms with Crippen molar-refractivity contribution in [2.24, 2.45) is 5.92 Å². The Bertz CT molecular complexity index is 599. The second-order valence-corrected chi connectivity index (χ2v) is 7.54. The third-order valence-corrected chi connectivity index (χ3v) is 5.46. The van der Waals surface area contributed by atoms with E-state index in [2.05, 4.69) is 11.8 Å². The average Bonchev–Trinajstić information content (AvgIpc) is 2.96. The van der Waals surface area contributed by atoms with Crippen molar-refractivity contribution >= 4 is 5.91 Å². The maximum atomic E-state index is 13.6. The molecule has 2 saturated heterocycles. The molecule has 2 fully saturated rings. The van der Waals surface area contributed by atoms with Crippen LogP contribution in [0.25, 0.3) is 0 Å². The molecule has 0 radical (unpaired) electrons. The van der Waals surface area contributed by atoms with Gasteiger partial charge in [-0.2, -0.15) is 0 Å². The SMILES string of the molecule is C[C@H]1CN(C(=O)C(C)(C)c2cccc(F)c2)C[C@@H]1N1CCOCC1. The molecule has 1 amide bonds. The predicted molar refractivity (Wildman–Crippen MR) is 91.4 cm³/mol. The Balaban J connectivity index is 1.73. The van der Waals surface area contributed by atoms with Gasteiger partial charge in [-0.05, 0) is 37.5 Å². The molecule has 0 aromatic heterocycles. The van der Waals surface area contributed by atoms with Crippen molar-refractivity contribution in [1.82, 2.24) is 9.80 Å². The zero-order chi connectivity index (χ0) is 17.3. The van der Waals surface area contributed by atoms with Gasteiger partial charge in [-0.15, -0.1) is 0 Å². The lowest BCUT2D eigenvalue weighted by Crippen LogP contribution is -2.48. The second kappa shape index (κ2) is 6.81. The van der Waals surface area contributed by atoms with Crippen molar-refractivity contribution in [2.45, 2.75) is 32.2 Å². The Hall–Kier alpha value is -1.46. The summed E-state index contributed by atoms with van der Waals surface area (Å²) in [6.07, 6.45) is 0. The maximum absolute atomic E-state index is 13.6. The summed E-state index contributed by atoms with van der Waals surface area (Å²) in [7, 11) is 0. The predicted octanol–water partition coefficient (Wildman–Crippen LogP) is 2.28. The fourth-order valence-electron chi connectivity index (χ4n) is 3.90. The zero-order valence-corrected chi connectivity index (χ0v) is 14.8. The van der Waals surface area contributed by atoms with Crippen LogP contribution in [0, 0.1) is 11.7 Å². The van der Waals surface area contributed by atoms with Crippen molar-refractivity contribution < 1.29 is 13.9 Å². The number of benzene rings is 1. The Morgan fingerprint density at radius 2 is 1.96 bits per heavy atom. The molecule has 2 aliphatic rings. The molecule has 2 atom stereocenters. The van der Waals surface area contributed by atoms with Crippen LogP contribution in [0.4, 0.5) is 4.39 Å². The van der Waals surface area contributed by atoms with Crippen LogP contribution in [0.5, 0.6) is 0 Å². The number of hydrogen-bond donors (Lipinski definition) is 0. The van der Waals surface area contributed by atoms with E-state index in [0.717, 1.165) is 45.0 Å². The molecule has 0 N–H and O–H groups in total. The van der Waals surface area contributed by atoms with Gasteiger partial charge in [0.25, 0.3) is 0 Å². The van der Waals surface area contributed by atoms with E-state index in [4.69, 9.17) is 4.74 Å². The average molecular weight is 334 g/mol. The summed E-state index contributed by atoms with van der Waals surface area (Å²) < 4.78 is 19.0. The highest BCUT2D eigenvalue weighted by Crippen LogP contribution is 2.30. The molecule has 0 aliphatic carbocycles. The number of amides is 1. The highest BCUT2D eigenvalue weighted by Gasteiger charge is 2.41. The minimum absolute atomic E-state index is 0.0794. The first-order chi connectivity index (χ1) is 11.4. The minimum Gasteiger partial charge on any atom is -0.379 e. The number of carbonyl (C=O) groups excluding carboxylic acids is 1. The van der Waals surface area contributed by atoms with E-state index >= 15 is 0 Å². The highest BCUT2D eigenvalue weighted by molar-refractivity contribution is 5.87. The van der Waals surface area contributed by atoms with Crippen LogP contribution in [0.1, 0.15) is 26.3 Å². The summed E-state index contributed by atoms with van der Waals surface area (Å²) in [5.74, 6) is 0.223. The quantitative estimate of drug-likeness (QED) is 0.850. The zero-order valence-electron chi connectivity index (χ0n) is 14.8. The molecular weight excluding hydrogens is 307 g/mol. The number of morpholine rings is 1. The van der Waals surface area contributed by atoms with Gasteiger partial charge >= 0.3 is 0 Å². The lowest BCUT2D eigenvalue weighted by Gasteiger charge is -2.34. The number of nitrogens with zero attached hydrogens (tertiary/aromatic N) is 2. The number of hydrogen-bond acceptors (Lipinski definition) is 3. The van der Waals surface area contributed by atoms with E-state index in [9.17, 15) is 9.18 Å². The van der Waals surface area contributed by atoms with Crippen molar-refractivity contribution in [3.63, 3.8) is 0 Å². The van der Waals surface area contributed by atoms with Gasteiger partial charge in [0.1, 0.15) is 5.82 Å². The van der Waals surface area contributed by atoms with Gasteiger partial charge < -0.3 is 9.64 Å². The third kappa shape index (κ3) is 3.33. The molecule has 24 heavy (non-hydrogen) atoms. The second-order valence-electron chi connectivity index (χ2n) is 7.54. The Morgan fingerprint density at radius 3 is 2.62 bits per heavy atom. The minimum atomic E-state index is -0.721. The van der Waals surface area contributed by atoms with Gasteiger partial charge in [-0.1, -0.05) is 19.1 Å². The number of ether oxygens (including phenoxy) is 1. The summed E-state index contributed by atoms with van der Waals surface area (Å²) in [5, 5.41) is 0. The fourth-order valence-corrected chi connectivity index (χ4v) is 3.90. The van der Waals surface area contributed by atoms with E-state index in [1.54, 1.807) is 6.07 Å². The van der Waals surface area contributed by atoms with Gasteiger partial charge in [0.15, 0.2) is 0 Å². The van der Waals surface area contributed by atoms with Gasteiger partial charge in [0.05, 0.1) is 18.6 Å². The Labute approximate surface area is 143 Å². The van der Waals surface area contributed by atoms with Crippen molar-refractivity contribution in [2.75, 3.05) is 39.4 Å². The largest absolute Gasteiger partial charge is 0.379 e. The molecule has 2 heterocycles. The van der Waals surface area contributed by atoms with Crippen molar-refractivity contribution in [3.05, 3.63) is 35.6 Å². The first kappa shape index (κ1) is 17.4. The molecule has 0 spiro atoms. The van der Waals surface area contributed by atoms with Crippen molar-refractivity contribution in [1.29, 1.82) is 0 Å². The first-order valence-electron chi connectivity index (χ1n) is 8.77. The number of likely N-dealkylation sites (tertiary alicyclic amines) is 1. The number of carbonyl (C=O) groups is 1. The van der Waals surface area contributed by atoms with E-state index in [1.165, 1.54) is 12.1 Å². The number of rotatable bonds is 3. The lowest BCUT2D eigenvalue weighted by atomic mass is 9.83. The van der Waals surface area contributed by atoms with E-state index < -0.39 is 5.41 Å². The normalized spacial score (nSPS) is 25.9. The summed E-state index contributed by atoms with van der Waals surface area (Å²) >= 11 is 0. The first-order valence-corrected chi connectivity index (χ1v) is 8.77. The molecular formula is C19H27FN2O2. The molecule has 1 aromatic rings. The lowest BCUT2D eigenvalue weighted by molar-refractivity contribution is -0.135. The van der Waals surface area contributed by atoms with E-state index in [-0.39, 0.29) is 11.7 Å². The van der Waals surface area contributed by atoms with Gasteiger partial charge in [0, 0.05) is 32.2 Å². The van der Waals surface area contributed by atoms with E-state index in [1.807, 2.05) is 24.8 Å². The molecule has 132 valence electrons. The van der Waals surface area contributed by atoms with Crippen LogP contribution in [-0.2, 0) is 14.9 Å². The molecule has 4 nitrogen and oxygen atoms in total. The Morgan fingerprint density at radius 1 is 1.25 bits per heavy atom. The standard InChI is InChI=1S/C19H27FN2O2/c1-14-12-22(13-17(14)21-7-9-24-10-8-21)18(23)19(2,3)15-5-4-6-16(20)11-15/h4-6,11,14,17H,7-10,12-13H2,1-3H3/t14-,17-/m0/s1. The monoisotopic (exact) mass is 334 g/mol. The molecule has 0 unspecified atom stereocenters. The third-order valence-electron chi connectivity index (χ3n) is 5.46. The van der Waals surface area contributed by atoms with Crippen LogP contribution in [0.3, 0.4) is 0 Å². The summed E-state index contributed by atoms with van der Waals surface area (Å²) in [6.45, 7) is 10.9. The summed E-state index contributed by atoms with van der Waals surface area (Å²) in [4.78, 5) is 17.5. The topological polar surface area (TPSA) is 32.8 Å². The van der Waals surface area contributed by atoms with Crippen LogP contribution in [-0.4, -0.2) is 61.1 Å². The number of halogens is 1. The molecule has 0 bridgehead atoms. The van der Waals surface area contributed by atoms with Crippen LogP contribution in [0.15, 0.2) is 24.3 Å². The highest BCUT2D eigenvalue weighted by atomic mass is 19.1. The van der Waals surface area contributed by atoms with E-state index in [0.29, 0.717) is 12.0 Å². The molecule has 0 saturated carbocycles. The summed E-state index contributed by atoms with van der Waals surface area (Å²) in [6, 6.07) is 6.77. The molecule has 5 heteroatoms. The molecule has 2 aliphatic heterocycles. The molecule has 3 rings (SSSR count). The Kier molecular flexibility index (Phi) is 4.92. The van der Waals surface area contributed by atoms with Crippen LogP contribution < -0.4 is 0 Å². The van der Waals surface area contributed by atoms with Crippen LogP contribution in [0.2, 0.25) is 0 Å².